The van der Waals surface area contributed by atoms with Crippen LogP contribution >= 0.6 is 0 Å². The molecule has 2 saturated carbocycles. The minimum absolute atomic E-state index is 0.107. The number of sulfonamides is 1. The van der Waals surface area contributed by atoms with Crippen molar-refractivity contribution in [3.63, 3.8) is 0 Å². The highest BCUT2D eigenvalue weighted by Gasteiger charge is 2.43. The summed E-state index contributed by atoms with van der Waals surface area (Å²) >= 11 is 0. The van der Waals surface area contributed by atoms with Crippen molar-refractivity contribution < 1.29 is 17.9 Å². The number of primary sulfonamides is 1. The second-order valence-electron chi connectivity index (χ2n) is 15.3. The van der Waals surface area contributed by atoms with Gasteiger partial charge < -0.3 is 15.0 Å². The topological polar surface area (TPSA) is 115 Å². The lowest BCUT2D eigenvalue weighted by molar-refractivity contribution is 0.0130. The monoisotopic (exact) mass is 618 g/mol. The summed E-state index contributed by atoms with van der Waals surface area (Å²) in [4.78, 5) is 19.3. The molecule has 2 heterocycles. The second kappa shape index (κ2) is 14.5. The van der Waals surface area contributed by atoms with E-state index in [1.807, 2.05) is 31.7 Å². The maximum atomic E-state index is 13.0. The van der Waals surface area contributed by atoms with Crippen LogP contribution in [0.15, 0.2) is 23.2 Å². The van der Waals surface area contributed by atoms with Crippen LogP contribution in [0.4, 0.5) is 10.6 Å². The Labute approximate surface area is 261 Å². The summed E-state index contributed by atoms with van der Waals surface area (Å²) < 4.78 is 29.8. The normalized spacial score (nSPS) is 23.0. The summed E-state index contributed by atoms with van der Waals surface area (Å²) in [7, 11) is -3.88. The second-order valence-corrected chi connectivity index (χ2v) is 16.8. The molecular formula is C34H58N4O4S. The molecule has 1 unspecified atom stereocenters. The highest BCUT2D eigenvalue weighted by atomic mass is 32.2. The number of hydrogen-bond donors (Lipinski definition) is 2. The largest absolute Gasteiger partial charge is 0.444 e. The van der Waals surface area contributed by atoms with E-state index in [0.717, 1.165) is 43.4 Å². The van der Waals surface area contributed by atoms with Gasteiger partial charge in [-0.1, -0.05) is 70.3 Å². The van der Waals surface area contributed by atoms with Crippen LogP contribution in [0.3, 0.4) is 0 Å². The molecule has 0 radical (unpaired) electrons. The number of nitrogens with zero attached hydrogens (tertiary/aromatic N) is 2. The van der Waals surface area contributed by atoms with E-state index in [-0.39, 0.29) is 22.7 Å². The molecule has 3 fully saturated rings. The first kappa shape index (κ1) is 34.0. The summed E-state index contributed by atoms with van der Waals surface area (Å²) in [5.74, 6) is 3.37. The Morgan fingerprint density at radius 1 is 1.02 bits per heavy atom. The van der Waals surface area contributed by atoms with Crippen LogP contribution < -0.4 is 10.5 Å². The lowest BCUT2D eigenvalue weighted by Gasteiger charge is -2.39. The molecule has 0 bridgehead atoms. The van der Waals surface area contributed by atoms with Gasteiger partial charge in [0.1, 0.15) is 11.4 Å². The van der Waals surface area contributed by atoms with Gasteiger partial charge >= 0.3 is 6.09 Å². The van der Waals surface area contributed by atoms with Gasteiger partial charge in [-0.3, -0.25) is 0 Å². The number of rotatable bonds is 11. The van der Waals surface area contributed by atoms with Gasteiger partial charge in [-0.15, -0.1) is 0 Å². The number of carbonyl (C=O) groups excluding carboxylic acids is 1. The average molecular weight is 619 g/mol. The Hall–Kier alpha value is -1.87. The average Bonchev–Trinajstić information content (AvgIpc) is 3.26. The van der Waals surface area contributed by atoms with Crippen LogP contribution in [0.25, 0.3) is 0 Å². The number of aromatic nitrogens is 1. The van der Waals surface area contributed by atoms with E-state index in [0.29, 0.717) is 18.3 Å². The molecule has 1 saturated heterocycles. The van der Waals surface area contributed by atoms with E-state index in [1.165, 1.54) is 76.7 Å². The maximum absolute atomic E-state index is 13.0. The Kier molecular flexibility index (Phi) is 11.5. The van der Waals surface area contributed by atoms with Crippen molar-refractivity contribution in [3.05, 3.63) is 18.2 Å². The van der Waals surface area contributed by atoms with Crippen LogP contribution in [-0.2, 0) is 14.8 Å². The van der Waals surface area contributed by atoms with Gasteiger partial charge in [-0.25, -0.2) is 23.3 Å². The molecule has 3 aliphatic rings. The number of carbonyl (C=O) groups is 1. The molecule has 1 aromatic heterocycles. The van der Waals surface area contributed by atoms with Crippen molar-refractivity contribution >= 4 is 21.9 Å². The molecule has 9 heteroatoms. The van der Waals surface area contributed by atoms with Crippen molar-refractivity contribution in [1.82, 2.24) is 9.88 Å². The van der Waals surface area contributed by atoms with Crippen molar-refractivity contribution in [1.29, 1.82) is 0 Å². The number of anilines is 1. The minimum atomic E-state index is -3.88. The van der Waals surface area contributed by atoms with Crippen LogP contribution in [0, 0.1) is 23.7 Å². The lowest BCUT2D eigenvalue weighted by Crippen LogP contribution is -2.45. The summed E-state index contributed by atoms with van der Waals surface area (Å²) in [6, 6.07) is 5.15. The van der Waals surface area contributed by atoms with E-state index in [9.17, 15) is 13.2 Å². The summed E-state index contributed by atoms with van der Waals surface area (Å²) in [6.07, 6.45) is 18.5. The molecule has 4 rings (SSSR count). The van der Waals surface area contributed by atoms with E-state index in [1.54, 1.807) is 6.07 Å². The Balaban J connectivity index is 1.47. The van der Waals surface area contributed by atoms with E-state index >= 15 is 0 Å². The molecule has 8 nitrogen and oxygen atoms in total. The van der Waals surface area contributed by atoms with Crippen LogP contribution in [0.2, 0.25) is 0 Å². The molecule has 244 valence electrons. The predicted octanol–water partition coefficient (Wildman–Crippen LogP) is 7.88. The molecule has 3 N–H and O–H groups in total. The number of amides is 1. The quantitative estimate of drug-likeness (QED) is 0.261. The van der Waals surface area contributed by atoms with Gasteiger partial charge in [0, 0.05) is 18.1 Å². The first-order valence-corrected chi connectivity index (χ1v) is 18.5. The lowest BCUT2D eigenvalue weighted by atomic mass is 9.67. The van der Waals surface area contributed by atoms with E-state index in [4.69, 9.17) is 9.88 Å². The Bertz CT molecular complexity index is 1140. The predicted molar refractivity (Wildman–Crippen MR) is 173 cm³/mol. The number of ether oxygens (including phenoxy) is 1. The number of hydrogen-bond acceptors (Lipinski definition) is 6. The smallest absolute Gasteiger partial charge is 0.410 e. The fraction of sp³-hybridized carbons (Fsp3) is 0.824. The maximum Gasteiger partial charge on any atom is 0.410 e. The van der Waals surface area contributed by atoms with Gasteiger partial charge in [0.05, 0.1) is 0 Å². The summed E-state index contributed by atoms with van der Waals surface area (Å²) in [5.41, 5.74) is -0.777. The van der Waals surface area contributed by atoms with Gasteiger partial charge in [0.25, 0.3) is 10.0 Å². The van der Waals surface area contributed by atoms with Crippen molar-refractivity contribution in [2.75, 3.05) is 11.9 Å². The first-order valence-electron chi connectivity index (χ1n) is 17.0. The van der Waals surface area contributed by atoms with Crippen LogP contribution in [0.1, 0.15) is 131 Å². The zero-order chi connectivity index (χ0) is 31.3. The zero-order valence-electron chi connectivity index (χ0n) is 27.4. The van der Waals surface area contributed by atoms with E-state index in [2.05, 4.69) is 24.1 Å². The highest BCUT2D eigenvalue weighted by Crippen LogP contribution is 2.43. The molecule has 1 amide bonds. The molecule has 2 atom stereocenters. The molecule has 0 spiro atoms. The molecule has 2 aliphatic carbocycles. The fourth-order valence-electron chi connectivity index (χ4n) is 8.18. The molecule has 0 aromatic carbocycles. The molecule has 1 aliphatic heterocycles. The summed E-state index contributed by atoms with van der Waals surface area (Å²) in [6.45, 7) is 10.7. The standard InChI is InChI=1S/C34H58N4O4S/c1-33(2,3)42-32(39)38-24-25(23-34(38,4)5)19-20-28(36-30-17-12-18-31(37-30)43(35,40)41)21-22-29(26-13-8-6-9-14-26)27-15-10-7-11-16-27/h12,17-18,25-29H,6-11,13-16,19-24H2,1-5H3,(H,36,37)(H2,35,40,41)/t25-,28?/m0/s1. The van der Waals surface area contributed by atoms with Crippen LogP contribution in [0.5, 0.6) is 0 Å². The summed E-state index contributed by atoms with van der Waals surface area (Å²) in [5, 5.41) is 8.92. The number of nitrogens with one attached hydrogen (secondary N) is 1. The molecule has 43 heavy (non-hydrogen) atoms. The number of nitrogens with two attached hydrogens (primary N) is 1. The molecule has 1 aromatic rings. The highest BCUT2D eigenvalue weighted by molar-refractivity contribution is 7.89. The van der Waals surface area contributed by atoms with Crippen molar-refractivity contribution in [2.24, 2.45) is 28.8 Å². The van der Waals surface area contributed by atoms with Gasteiger partial charge in [-0.2, -0.15) is 0 Å². The van der Waals surface area contributed by atoms with Gasteiger partial charge in [0.2, 0.25) is 0 Å². The third kappa shape index (κ3) is 10.1. The minimum Gasteiger partial charge on any atom is -0.444 e. The van der Waals surface area contributed by atoms with Crippen molar-refractivity contribution in [3.8, 4) is 0 Å². The first-order chi connectivity index (χ1) is 20.2. The van der Waals surface area contributed by atoms with E-state index < -0.39 is 15.6 Å². The number of likely N-dealkylation sites (tertiary alicyclic amines) is 1. The van der Waals surface area contributed by atoms with Gasteiger partial charge in [0.15, 0.2) is 5.03 Å². The van der Waals surface area contributed by atoms with Gasteiger partial charge in [-0.05, 0) is 103 Å². The number of pyridine rings is 1. The zero-order valence-corrected chi connectivity index (χ0v) is 28.3. The third-order valence-electron chi connectivity index (χ3n) is 10.2. The van der Waals surface area contributed by atoms with Crippen molar-refractivity contribution in [2.45, 2.75) is 153 Å². The Morgan fingerprint density at radius 2 is 1.63 bits per heavy atom. The SMILES string of the molecule is CC(C)(C)OC(=O)N1C[C@@H](CCC(CCC(C2CCCCC2)C2CCCCC2)Nc2cccc(S(N)(=O)=O)n2)CC1(C)C. The fourth-order valence-corrected chi connectivity index (χ4v) is 8.68. The van der Waals surface area contributed by atoms with Crippen LogP contribution in [-0.4, -0.2) is 48.1 Å². The molecular weight excluding hydrogens is 560 g/mol. The Morgan fingerprint density at radius 3 is 2.19 bits per heavy atom. The third-order valence-corrected chi connectivity index (χ3v) is 11.0.